The van der Waals surface area contributed by atoms with Gasteiger partial charge in [0, 0.05) is 5.69 Å². The number of hydrogen-bond donors (Lipinski definition) is 2. The Morgan fingerprint density at radius 2 is 1.60 bits per heavy atom. The van der Waals surface area contributed by atoms with E-state index in [0.717, 1.165) is 12.8 Å². The number of anilines is 1. The lowest BCUT2D eigenvalue weighted by atomic mass is 9.83. The van der Waals surface area contributed by atoms with Gasteiger partial charge in [0.25, 0.3) is 0 Å². The number of hydrogen-bond acceptors (Lipinski definition) is 4. The van der Waals surface area contributed by atoms with E-state index in [9.17, 15) is 14.4 Å². The van der Waals surface area contributed by atoms with Crippen molar-refractivity contribution in [3.8, 4) is 11.5 Å². The van der Waals surface area contributed by atoms with Gasteiger partial charge in [-0.3, -0.25) is 14.4 Å². The van der Waals surface area contributed by atoms with E-state index in [4.69, 9.17) is 4.74 Å². The number of rotatable bonds is 6. The number of amides is 2. The van der Waals surface area contributed by atoms with E-state index < -0.39 is 23.8 Å². The molecular formula is C24H26N2O4. The predicted molar refractivity (Wildman–Crippen MR) is 113 cm³/mol. The Kier molecular flexibility index (Phi) is 6.12. The van der Waals surface area contributed by atoms with Crippen LogP contribution >= 0.6 is 0 Å². The number of ketones is 1. The topological polar surface area (TPSA) is 84.5 Å². The van der Waals surface area contributed by atoms with Crippen LogP contribution in [0.5, 0.6) is 11.5 Å². The number of carbonyl (C=O) groups excluding carboxylic acids is 3. The molecule has 1 aliphatic carbocycles. The summed E-state index contributed by atoms with van der Waals surface area (Å²) in [6.07, 6.45) is 6.41. The van der Waals surface area contributed by atoms with Gasteiger partial charge in [0.2, 0.25) is 11.8 Å². The SMILES string of the molecule is O=C(Nc1ccc(Oc2ccccc2)cc1)C1C(=O)NC(CC2CCCCC2)C1=O. The van der Waals surface area contributed by atoms with E-state index in [2.05, 4.69) is 10.6 Å². The lowest BCUT2D eigenvalue weighted by Crippen LogP contribution is -2.33. The molecule has 2 aromatic carbocycles. The Hall–Kier alpha value is -3.15. The highest BCUT2D eigenvalue weighted by atomic mass is 16.5. The molecule has 2 fully saturated rings. The predicted octanol–water partition coefficient (Wildman–Crippen LogP) is 4.07. The summed E-state index contributed by atoms with van der Waals surface area (Å²) < 4.78 is 5.73. The molecule has 0 bridgehead atoms. The summed E-state index contributed by atoms with van der Waals surface area (Å²) in [6.45, 7) is 0. The van der Waals surface area contributed by atoms with E-state index in [0.29, 0.717) is 29.5 Å². The van der Waals surface area contributed by atoms with Crippen LogP contribution in [0.1, 0.15) is 38.5 Å². The summed E-state index contributed by atoms with van der Waals surface area (Å²) in [5.41, 5.74) is 0.511. The molecule has 30 heavy (non-hydrogen) atoms. The lowest BCUT2D eigenvalue weighted by molar-refractivity contribution is -0.135. The molecule has 1 heterocycles. The van der Waals surface area contributed by atoms with Crippen LogP contribution in [0.15, 0.2) is 54.6 Å². The average Bonchev–Trinajstić information content (AvgIpc) is 3.04. The minimum Gasteiger partial charge on any atom is -0.457 e. The molecule has 2 unspecified atom stereocenters. The molecule has 2 atom stereocenters. The highest BCUT2D eigenvalue weighted by Gasteiger charge is 2.46. The van der Waals surface area contributed by atoms with Crippen molar-refractivity contribution >= 4 is 23.3 Å². The molecule has 0 aromatic heterocycles. The second-order valence-corrected chi connectivity index (χ2v) is 8.07. The highest BCUT2D eigenvalue weighted by molar-refractivity contribution is 6.26. The molecule has 4 rings (SSSR count). The normalized spacial score (nSPS) is 21.9. The van der Waals surface area contributed by atoms with Crippen molar-refractivity contribution in [2.75, 3.05) is 5.32 Å². The monoisotopic (exact) mass is 406 g/mol. The van der Waals surface area contributed by atoms with Crippen molar-refractivity contribution in [3.63, 3.8) is 0 Å². The third kappa shape index (κ3) is 4.70. The minimum absolute atomic E-state index is 0.313. The average molecular weight is 406 g/mol. The first kappa shape index (κ1) is 20.1. The van der Waals surface area contributed by atoms with Gasteiger partial charge in [-0.25, -0.2) is 0 Å². The molecule has 6 nitrogen and oxygen atoms in total. The smallest absolute Gasteiger partial charge is 0.244 e. The number of para-hydroxylation sites is 1. The second-order valence-electron chi connectivity index (χ2n) is 8.07. The zero-order chi connectivity index (χ0) is 20.9. The molecule has 0 radical (unpaired) electrons. The van der Waals surface area contributed by atoms with Gasteiger partial charge in [-0.05, 0) is 48.7 Å². The third-order valence-electron chi connectivity index (χ3n) is 5.86. The summed E-state index contributed by atoms with van der Waals surface area (Å²) >= 11 is 0. The van der Waals surface area contributed by atoms with Crippen molar-refractivity contribution in [2.24, 2.45) is 11.8 Å². The van der Waals surface area contributed by atoms with Crippen molar-refractivity contribution in [1.29, 1.82) is 0 Å². The first-order valence-electron chi connectivity index (χ1n) is 10.6. The molecule has 1 aliphatic heterocycles. The van der Waals surface area contributed by atoms with Crippen molar-refractivity contribution in [1.82, 2.24) is 5.32 Å². The summed E-state index contributed by atoms with van der Waals surface area (Å²) in [6, 6.07) is 15.7. The van der Waals surface area contributed by atoms with Crippen LogP contribution in [0.2, 0.25) is 0 Å². The van der Waals surface area contributed by atoms with Crippen molar-refractivity contribution in [3.05, 3.63) is 54.6 Å². The van der Waals surface area contributed by atoms with E-state index in [-0.39, 0.29) is 5.78 Å². The van der Waals surface area contributed by atoms with E-state index >= 15 is 0 Å². The van der Waals surface area contributed by atoms with Crippen molar-refractivity contribution in [2.45, 2.75) is 44.6 Å². The number of benzene rings is 2. The Labute approximate surface area is 176 Å². The Morgan fingerprint density at radius 3 is 2.30 bits per heavy atom. The van der Waals surface area contributed by atoms with Gasteiger partial charge in [0.1, 0.15) is 11.5 Å². The molecule has 2 aromatic rings. The van der Waals surface area contributed by atoms with Gasteiger partial charge in [-0.15, -0.1) is 0 Å². The van der Waals surface area contributed by atoms with Crippen LogP contribution in [0.4, 0.5) is 5.69 Å². The molecule has 1 saturated heterocycles. The number of ether oxygens (including phenoxy) is 1. The number of Topliss-reactive ketones (excluding diaryl/α,β-unsaturated/α-hetero) is 1. The maximum absolute atomic E-state index is 12.7. The molecular weight excluding hydrogens is 380 g/mol. The summed E-state index contributed by atoms with van der Waals surface area (Å²) in [5, 5.41) is 5.42. The van der Waals surface area contributed by atoms with Crippen LogP contribution in [0, 0.1) is 11.8 Å². The van der Waals surface area contributed by atoms with Crippen molar-refractivity contribution < 1.29 is 19.1 Å². The maximum atomic E-state index is 12.7. The maximum Gasteiger partial charge on any atom is 0.244 e. The van der Waals surface area contributed by atoms with Crippen LogP contribution in [0.25, 0.3) is 0 Å². The highest BCUT2D eigenvalue weighted by Crippen LogP contribution is 2.30. The summed E-state index contributed by atoms with van der Waals surface area (Å²) in [5.74, 6) is -0.881. The zero-order valence-corrected chi connectivity index (χ0v) is 16.8. The van der Waals surface area contributed by atoms with E-state index in [1.165, 1.54) is 19.3 Å². The Morgan fingerprint density at radius 1 is 0.933 bits per heavy atom. The van der Waals surface area contributed by atoms with Gasteiger partial charge in [-0.1, -0.05) is 50.3 Å². The molecule has 2 N–H and O–H groups in total. The molecule has 0 spiro atoms. The van der Waals surface area contributed by atoms with Crippen LogP contribution < -0.4 is 15.4 Å². The van der Waals surface area contributed by atoms with Gasteiger partial charge >= 0.3 is 0 Å². The Bertz CT molecular complexity index is 905. The van der Waals surface area contributed by atoms with Gasteiger partial charge in [0.05, 0.1) is 6.04 Å². The Balaban J connectivity index is 1.34. The summed E-state index contributed by atoms with van der Waals surface area (Å²) in [4.78, 5) is 37.7. The number of carbonyl (C=O) groups is 3. The quantitative estimate of drug-likeness (QED) is 0.708. The van der Waals surface area contributed by atoms with Gasteiger partial charge in [0.15, 0.2) is 11.7 Å². The zero-order valence-electron chi connectivity index (χ0n) is 16.8. The van der Waals surface area contributed by atoms with Gasteiger partial charge < -0.3 is 15.4 Å². The second kappa shape index (κ2) is 9.11. The van der Waals surface area contributed by atoms with Crippen LogP contribution in [0.3, 0.4) is 0 Å². The lowest BCUT2D eigenvalue weighted by Gasteiger charge is -2.23. The first-order valence-corrected chi connectivity index (χ1v) is 10.6. The van der Waals surface area contributed by atoms with Gasteiger partial charge in [-0.2, -0.15) is 0 Å². The first-order chi connectivity index (χ1) is 14.6. The fourth-order valence-electron chi connectivity index (χ4n) is 4.28. The van der Waals surface area contributed by atoms with Crippen LogP contribution in [-0.4, -0.2) is 23.6 Å². The molecule has 1 saturated carbocycles. The standard InChI is InChI=1S/C24H26N2O4/c27-22-20(15-16-7-3-1-4-8-16)26-24(29)21(22)23(28)25-17-11-13-19(14-12-17)30-18-9-5-2-6-10-18/h2,5-6,9-14,16,20-21H,1,3-4,7-8,15H2,(H,25,28)(H,26,29). The third-order valence-corrected chi connectivity index (χ3v) is 5.86. The molecule has 6 heteroatoms. The largest absolute Gasteiger partial charge is 0.457 e. The molecule has 156 valence electrons. The fraction of sp³-hybridized carbons (Fsp3) is 0.375. The molecule has 2 aliphatic rings. The molecule has 2 amide bonds. The summed E-state index contributed by atoms with van der Waals surface area (Å²) in [7, 11) is 0. The van der Waals surface area contributed by atoms with E-state index in [1.807, 2.05) is 30.3 Å². The minimum atomic E-state index is -1.28. The van der Waals surface area contributed by atoms with E-state index in [1.54, 1.807) is 24.3 Å². The fourth-order valence-corrected chi connectivity index (χ4v) is 4.28. The van der Waals surface area contributed by atoms with Crippen LogP contribution in [-0.2, 0) is 14.4 Å². The number of nitrogens with one attached hydrogen (secondary N) is 2.